The molecule has 0 saturated heterocycles. The minimum absolute atomic E-state index is 0.315. The summed E-state index contributed by atoms with van der Waals surface area (Å²) in [5.74, 6) is 0.993. The molecule has 0 bridgehead atoms. The Morgan fingerprint density at radius 1 is 1.17 bits per heavy atom. The lowest BCUT2D eigenvalue weighted by atomic mass is 10.00. The van der Waals surface area contributed by atoms with E-state index in [0.29, 0.717) is 6.04 Å². The molecule has 4 nitrogen and oxygen atoms in total. The number of para-hydroxylation sites is 1. The predicted octanol–water partition coefficient (Wildman–Crippen LogP) is 4.00. The number of aromatic amines is 1. The molecule has 24 heavy (non-hydrogen) atoms. The topological polar surface area (TPSA) is 49.9 Å². The van der Waals surface area contributed by atoms with Crippen LogP contribution in [0.5, 0.6) is 5.75 Å². The van der Waals surface area contributed by atoms with E-state index in [1.165, 1.54) is 22.3 Å². The van der Waals surface area contributed by atoms with Gasteiger partial charge in [-0.3, -0.25) is 5.10 Å². The zero-order chi connectivity index (χ0) is 16.4. The standard InChI is InChI=1S/C20H21N3O/c1-14-6-8-15(9-7-14)20-16(13-22-23-20)12-21-18-10-11-24-19-5-3-2-4-17(18)19/h2-9,13,18,21H,10-12H2,1H3,(H,22,23). The lowest BCUT2D eigenvalue weighted by molar-refractivity contribution is 0.252. The van der Waals surface area contributed by atoms with Gasteiger partial charge in [-0.15, -0.1) is 0 Å². The SMILES string of the molecule is Cc1ccc(-c2[nH]ncc2CNC2CCOc3ccccc32)cc1. The largest absolute Gasteiger partial charge is 0.493 e. The summed E-state index contributed by atoms with van der Waals surface area (Å²) in [5.41, 5.74) is 5.94. The van der Waals surface area contributed by atoms with Gasteiger partial charge in [0.1, 0.15) is 5.75 Å². The summed E-state index contributed by atoms with van der Waals surface area (Å²) in [4.78, 5) is 0. The average molecular weight is 319 g/mol. The number of H-pyrrole nitrogens is 1. The van der Waals surface area contributed by atoms with Crippen molar-refractivity contribution in [3.05, 3.63) is 71.4 Å². The van der Waals surface area contributed by atoms with Crippen LogP contribution in [-0.4, -0.2) is 16.8 Å². The molecule has 1 aliphatic heterocycles. The number of hydrogen-bond acceptors (Lipinski definition) is 3. The van der Waals surface area contributed by atoms with Crippen molar-refractivity contribution in [2.45, 2.75) is 25.9 Å². The molecule has 122 valence electrons. The van der Waals surface area contributed by atoms with Crippen LogP contribution < -0.4 is 10.1 Å². The molecule has 1 atom stereocenters. The van der Waals surface area contributed by atoms with Crippen molar-refractivity contribution < 1.29 is 4.74 Å². The summed E-state index contributed by atoms with van der Waals surface area (Å²) in [7, 11) is 0. The molecule has 3 aromatic rings. The van der Waals surface area contributed by atoms with E-state index in [2.05, 4.69) is 58.8 Å². The maximum absolute atomic E-state index is 5.74. The fourth-order valence-electron chi connectivity index (χ4n) is 3.20. The number of nitrogens with one attached hydrogen (secondary N) is 2. The van der Waals surface area contributed by atoms with Crippen molar-refractivity contribution in [2.24, 2.45) is 0 Å². The Hall–Kier alpha value is -2.59. The third kappa shape index (κ3) is 2.93. The molecule has 1 unspecified atom stereocenters. The minimum atomic E-state index is 0.315. The molecular formula is C20H21N3O. The zero-order valence-electron chi connectivity index (χ0n) is 13.8. The van der Waals surface area contributed by atoms with Gasteiger partial charge in [0.25, 0.3) is 0 Å². The van der Waals surface area contributed by atoms with Crippen LogP contribution >= 0.6 is 0 Å². The number of ether oxygens (including phenoxy) is 1. The van der Waals surface area contributed by atoms with E-state index >= 15 is 0 Å². The summed E-state index contributed by atoms with van der Waals surface area (Å²) in [5, 5.41) is 11.0. The van der Waals surface area contributed by atoms with E-state index in [-0.39, 0.29) is 0 Å². The minimum Gasteiger partial charge on any atom is -0.493 e. The van der Waals surface area contributed by atoms with Crippen molar-refractivity contribution in [3.8, 4) is 17.0 Å². The second-order valence-electron chi connectivity index (χ2n) is 6.24. The van der Waals surface area contributed by atoms with Crippen molar-refractivity contribution in [1.82, 2.24) is 15.5 Å². The fourth-order valence-corrected chi connectivity index (χ4v) is 3.20. The molecular weight excluding hydrogens is 298 g/mol. The Labute approximate surface area is 141 Å². The van der Waals surface area contributed by atoms with Crippen LogP contribution in [0.1, 0.15) is 29.2 Å². The summed E-state index contributed by atoms with van der Waals surface area (Å²) >= 11 is 0. The first-order valence-corrected chi connectivity index (χ1v) is 8.35. The molecule has 0 aliphatic carbocycles. The number of benzene rings is 2. The molecule has 4 rings (SSSR count). The number of aromatic nitrogens is 2. The van der Waals surface area contributed by atoms with Crippen molar-refractivity contribution in [1.29, 1.82) is 0 Å². The first-order chi connectivity index (χ1) is 11.8. The second kappa shape index (κ2) is 6.49. The number of aryl methyl sites for hydroxylation is 1. The smallest absolute Gasteiger partial charge is 0.124 e. The predicted molar refractivity (Wildman–Crippen MR) is 94.9 cm³/mol. The van der Waals surface area contributed by atoms with Gasteiger partial charge in [-0.2, -0.15) is 5.10 Å². The maximum atomic E-state index is 5.74. The Morgan fingerprint density at radius 2 is 2.00 bits per heavy atom. The number of fused-ring (bicyclic) bond motifs is 1. The van der Waals surface area contributed by atoms with Gasteiger partial charge in [-0.25, -0.2) is 0 Å². The van der Waals surface area contributed by atoms with E-state index in [9.17, 15) is 0 Å². The molecule has 4 heteroatoms. The fraction of sp³-hybridized carbons (Fsp3) is 0.250. The Balaban J connectivity index is 1.52. The lowest BCUT2D eigenvalue weighted by Crippen LogP contribution is -2.26. The van der Waals surface area contributed by atoms with Gasteiger partial charge < -0.3 is 10.1 Å². The molecule has 0 spiro atoms. The van der Waals surface area contributed by atoms with Crippen LogP contribution in [0.4, 0.5) is 0 Å². The first kappa shape index (κ1) is 15.0. The van der Waals surface area contributed by atoms with E-state index in [1.54, 1.807) is 0 Å². The third-order valence-electron chi connectivity index (χ3n) is 4.56. The van der Waals surface area contributed by atoms with Gasteiger partial charge in [0.2, 0.25) is 0 Å². The van der Waals surface area contributed by atoms with Crippen molar-refractivity contribution >= 4 is 0 Å². The summed E-state index contributed by atoms with van der Waals surface area (Å²) in [6.07, 6.45) is 2.89. The summed E-state index contributed by atoms with van der Waals surface area (Å²) in [6, 6.07) is 17.1. The zero-order valence-corrected chi connectivity index (χ0v) is 13.8. The normalized spacial score (nSPS) is 16.5. The molecule has 1 aromatic heterocycles. The molecule has 0 fully saturated rings. The highest BCUT2D eigenvalue weighted by Crippen LogP contribution is 2.32. The van der Waals surface area contributed by atoms with Gasteiger partial charge in [-0.1, -0.05) is 48.0 Å². The molecule has 0 saturated carbocycles. The van der Waals surface area contributed by atoms with Crippen molar-refractivity contribution in [3.63, 3.8) is 0 Å². The quantitative estimate of drug-likeness (QED) is 0.764. The van der Waals surface area contributed by atoms with Gasteiger partial charge in [0.05, 0.1) is 18.5 Å². The Kier molecular flexibility index (Phi) is 4.05. The monoisotopic (exact) mass is 319 g/mol. The van der Waals surface area contributed by atoms with Crippen LogP contribution in [0.3, 0.4) is 0 Å². The summed E-state index contributed by atoms with van der Waals surface area (Å²) < 4.78 is 5.74. The van der Waals surface area contributed by atoms with E-state index in [0.717, 1.165) is 31.0 Å². The van der Waals surface area contributed by atoms with Crippen LogP contribution in [0.2, 0.25) is 0 Å². The molecule has 0 amide bonds. The number of rotatable bonds is 4. The highest BCUT2D eigenvalue weighted by molar-refractivity contribution is 5.62. The molecule has 2 N–H and O–H groups in total. The first-order valence-electron chi connectivity index (χ1n) is 8.35. The van der Waals surface area contributed by atoms with Crippen LogP contribution in [0.25, 0.3) is 11.3 Å². The Morgan fingerprint density at radius 3 is 2.88 bits per heavy atom. The van der Waals surface area contributed by atoms with E-state index in [4.69, 9.17) is 4.74 Å². The highest BCUT2D eigenvalue weighted by Gasteiger charge is 2.21. The highest BCUT2D eigenvalue weighted by atomic mass is 16.5. The van der Waals surface area contributed by atoms with E-state index < -0.39 is 0 Å². The summed E-state index contributed by atoms with van der Waals surface area (Å²) in [6.45, 7) is 3.63. The van der Waals surface area contributed by atoms with Crippen LogP contribution in [0.15, 0.2) is 54.7 Å². The number of hydrogen-bond donors (Lipinski definition) is 2. The lowest BCUT2D eigenvalue weighted by Gasteiger charge is -2.26. The van der Waals surface area contributed by atoms with Gasteiger partial charge in [0.15, 0.2) is 0 Å². The van der Waals surface area contributed by atoms with Gasteiger partial charge in [-0.05, 0) is 18.6 Å². The third-order valence-corrected chi connectivity index (χ3v) is 4.56. The van der Waals surface area contributed by atoms with Crippen LogP contribution in [0, 0.1) is 6.92 Å². The Bertz CT molecular complexity index is 823. The number of nitrogens with zero attached hydrogens (tertiary/aromatic N) is 1. The second-order valence-corrected chi connectivity index (χ2v) is 6.24. The molecule has 0 radical (unpaired) electrons. The maximum Gasteiger partial charge on any atom is 0.124 e. The van der Waals surface area contributed by atoms with Crippen molar-refractivity contribution in [2.75, 3.05) is 6.61 Å². The van der Waals surface area contributed by atoms with Crippen LogP contribution in [-0.2, 0) is 6.54 Å². The van der Waals surface area contributed by atoms with E-state index in [1.807, 2.05) is 18.3 Å². The molecule has 2 aromatic carbocycles. The molecule has 2 heterocycles. The van der Waals surface area contributed by atoms with Gasteiger partial charge in [0, 0.05) is 30.1 Å². The van der Waals surface area contributed by atoms with Gasteiger partial charge >= 0.3 is 0 Å². The average Bonchev–Trinajstić information content (AvgIpc) is 3.09. The molecule has 1 aliphatic rings.